The second kappa shape index (κ2) is 5.47. The van der Waals surface area contributed by atoms with E-state index in [2.05, 4.69) is 0 Å². The highest BCUT2D eigenvalue weighted by Gasteiger charge is 2.17. The Bertz CT molecular complexity index is 538. The van der Waals surface area contributed by atoms with E-state index in [1.54, 1.807) is 11.0 Å². The molecule has 0 bridgehead atoms. The molecule has 1 aliphatic rings. The van der Waals surface area contributed by atoms with Crippen molar-refractivity contribution in [3.63, 3.8) is 0 Å². The van der Waals surface area contributed by atoms with Crippen LogP contribution in [0.3, 0.4) is 0 Å². The van der Waals surface area contributed by atoms with Crippen molar-refractivity contribution in [2.45, 2.75) is 6.54 Å². The van der Waals surface area contributed by atoms with Crippen molar-refractivity contribution in [3.8, 4) is 6.07 Å². The van der Waals surface area contributed by atoms with Gasteiger partial charge in [0.05, 0.1) is 13.2 Å². The van der Waals surface area contributed by atoms with Crippen LogP contribution < -0.4 is 5.56 Å². The third kappa shape index (κ3) is 2.57. The summed E-state index contributed by atoms with van der Waals surface area (Å²) < 4.78 is 6.42. The number of carbonyl (C=O) groups is 1. The summed E-state index contributed by atoms with van der Waals surface area (Å²) in [7, 11) is 0. The van der Waals surface area contributed by atoms with Crippen molar-refractivity contribution in [1.29, 1.82) is 5.26 Å². The monoisotopic (exact) mass is 247 g/mol. The van der Waals surface area contributed by atoms with Gasteiger partial charge in [-0.2, -0.15) is 5.26 Å². The van der Waals surface area contributed by atoms with Gasteiger partial charge in [-0.05, 0) is 12.1 Å². The number of aromatic nitrogens is 1. The first kappa shape index (κ1) is 12.3. The van der Waals surface area contributed by atoms with Crippen LogP contribution in [0.4, 0.5) is 0 Å². The van der Waals surface area contributed by atoms with E-state index in [1.807, 2.05) is 6.07 Å². The van der Waals surface area contributed by atoms with Crippen LogP contribution in [0.15, 0.2) is 23.1 Å². The van der Waals surface area contributed by atoms with Crippen molar-refractivity contribution in [3.05, 3.63) is 34.2 Å². The first-order chi connectivity index (χ1) is 8.72. The molecule has 0 saturated carbocycles. The third-order valence-electron chi connectivity index (χ3n) is 2.81. The van der Waals surface area contributed by atoms with Crippen molar-refractivity contribution >= 4 is 5.91 Å². The van der Waals surface area contributed by atoms with Crippen LogP contribution in [0.5, 0.6) is 0 Å². The summed E-state index contributed by atoms with van der Waals surface area (Å²) in [6, 6.07) is 4.84. The van der Waals surface area contributed by atoms with Crippen molar-refractivity contribution < 1.29 is 9.53 Å². The Morgan fingerprint density at radius 3 is 2.83 bits per heavy atom. The van der Waals surface area contributed by atoms with E-state index in [-0.39, 0.29) is 18.0 Å². The second-order valence-electron chi connectivity index (χ2n) is 3.96. The number of carbonyl (C=O) groups excluding carboxylic acids is 1. The topological polar surface area (TPSA) is 75.3 Å². The average molecular weight is 247 g/mol. The van der Waals surface area contributed by atoms with E-state index in [0.717, 1.165) is 0 Å². The SMILES string of the molecule is N#Cc1cccn(CC(=O)N2CCOCC2)c1=O. The van der Waals surface area contributed by atoms with Crippen LogP contribution in [0.2, 0.25) is 0 Å². The van der Waals surface area contributed by atoms with Gasteiger partial charge in [-0.3, -0.25) is 9.59 Å². The second-order valence-corrected chi connectivity index (χ2v) is 3.96. The lowest BCUT2D eigenvalue weighted by atomic mass is 10.3. The zero-order valence-corrected chi connectivity index (χ0v) is 9.83. The molecule has 1 aromatic rings. The molecule has 2 heterocycles. The minimum Gasteiger partial charge on any atom is -0.378 e. The summed E-state index contributed by atoms with van der Waals surface area (Å²) >= 11 is 0. The largest absolute Gasteiger partial charge is 0.378 e. The number of nitriles is 1. The number of rotatable bonds is 2. The quantitative estimate of drug-likeness (QED) is 0.711. The minimum atomic E-state index is -0.429. The van der Waals surface area contributed by atoms with Gasteiger partial charge < -0.3 is 14.2 Å². The molecule has 0 atom stereocenters. The molecule has 0 spiro atoms. The minimum absolute atomic E-state index is 0.0334. The standard InChI is InChI=1S/C12H13N3O3/c13-8-10-2-1-3-15(12(10)17)9-11(16)14-4-6-18-7-5-14/h1-3H,4-7,9H2. The van der Waals surface area contributed by atoms with Gasteiger partial charge in [0.25, 0.3) is 5.56 Å². The maximum Gasteiger partial charge on any atom is 0.268 e. The molecule has 6 heteroatoms. The van der Waals surface area contributed by atoms with Gasteiger partial charge in [0, 0.05) is 19.3 Å². The third-order valence-corrected chi connectivity index (χ3v) is 2.81. The van der Waals surface area contributed by atoms with Crippen LogP contribution in [-0.4, -0.2) is 41.7 Å². The summed E-state index contributed by atoms with van der Waals surface area (Å²) in [5.74, 6) is -0.129. The molecule has 0 radical (unpaired) electrons. The van der Waals surface area contributed by atoms with E-state index in [1.165, 1.54) is 16.8 Å². The molecule has 0 N–H and O–H groups in total. The van der Waals surface area contributed by atoms with Gasteiger partial charge in [0.1, 0.15) is 18.2 Å². The van der Waals surface area contributed by atoms with E-state index in [0.29, 0.717) is 26.3 Å². The summed E-state index contributed by atoms with van der Waals surface area (Å²) in [5.41, 5.74) is -0.381. The Morgan fingerprint density at radius 2 is 2.17 bits per heavy atom. The molecular formula is C12H13N3O3. The molecule has 0 aliphatic carbocycles. The summed E-state index contributed by atoms with van der Waals surface area (Å²) in [6.07, 6.45) is 1.52. The first-order valence-corrected chi connectivity index (χ1v) is 5.67. The number of hydrogen-bond acceptors (Lipinski definition) is 4. The fourth-order valence-electron chi connectivity index (χ4n) is 1.80. The van der Waals surface area contributed by atoms with Crippen LogP contribution in [0.25, 0.3) is 0 Å². The number of hydrogen-bond donors (Lipinski definition) is 0. The van der Waals surface area contributed by atoms with E-state index in [4.69, 9.17) is 10.00 Å². The molecule has 0 aromatic carbocycles. The fourth-order valence-corrected chi connectivity index (χ4v) is 1.80. The van der Waals surface area contributed by atoms with Gasteiger partial charge >= 0.3 is 0 Å². The molecule has 2 rings (SSSR count). The smallest absolute Gasteiger partial charge is 0.268 e. The molecule has 1 amide bonds. The predicted octanol–water partition coefficient (Wildman–Crippen LogP) is -0.421. The highest BCUT2D eigenvalue weighted by molar-refractivity contribution is 5.76. The lowest BCUT2D eigenvalue weighted by Crippen LogP contribution is -2.43. The normalized spacial score (nSPS) is 15.2. The number of amides is 1. The zero-order chi connectivity index (χ0) is 13.0. The number of nitrogens with zero attached hydrogens (tertiary/aromatic N) is 3. The number of ether oxygens (including phenoxy) is 1. The van der Waals surface area contributed by atoms with Gasteiger partial charge in [-0.15, -0.1) is 0 Å². The number of pyridine rings is 1. The molecule has 1 aliphatic heterocycles. The summed E-state index contributed by atoms with van der Waals surface area (Å²) in [6.45, 7) is 2.11. The molecule has 1 fully saturated rings. The predicted molar refractivity (Wildman–Crippen MR) is 62.8 cm³/mol. The van der Waals surface area contributed by atoms with E-state index >= 15 is 0 Å². The fraction of sp³-hybridized carbons (Fsp3) is 0.417. The Morgan fingerprint density at radius 1 is 1.44 bits per heavy atom. The molecular weight excluding hydrogens is 234 g/mol. The Hall–Kier alpha value is -2.13. The van der Waals surface area contributed by atoms with Gasteiger partial charge in [0.15, 0.2) is 0 Å². The average Bonchev–Trinajstić information content (AvgIpc) is 2.42. The van der Waals surface area contributed by atoms with Crippen molar-refractivity contribution in [1.82, 2.24) is 9.47 Å². The molecule has 1 aromatic heterocycles. The highest BCUT2D eigenvalue weighted by Crippen LogP contribution is 1.99. The Labute approximate surface area is 104 Å². The zero-order valence-electron chi connectivity index (χ0n) is 9.83. The van der Waals surface area contributed by atoms with Crippen molar-refractivity contribution in [2.75, 3.05) is 26.3 Å². The van der Waals surface area contributed by atoms with Gasteiger partial charge in [-0.1, -0.05) is 0 Å². The lowest BCUT2D eigenvalue weighted by molar-refractivity contribution is -0.135. The molecule has 6 nitrogen and oxygen atoms in total. The van der Waals surface area contributed by atoms with Gasteiger partial charge in [0.2, 0.25) is 5.91 Å². The maximum atomic E-state index is 11.9. The molecule has 94 valence electrons. The van der Waals surface area contributed by atoms with E-state index in [9.17, 15) is 9.59 Å². The van der Waals surface area contributed by atoms with Gasteiger partial charge in [-0.25, -0.2) is 0 Å². The van der Waals surface area contributed by atoms with Crippen LogP contribution in [0.1, 0.15) is 5.56 Å². The Kier molecular flexibility index (Phi) is 3.75. The first-order valence-electron chi connectivity index (χ1n) is 5.67. The van der Waals surface area contributed by atoms with E-state index < -0.39 is 5.56 Å². The van der Waals surface area contributed by atoms with Crippen LogP contribution >= 0.6 is 0 Å². The number of morpholine rings is 1. The highest BCUT2D eigenvalue weighted by atomic mass is 16.5. The maximum absolute atomic E-state index is 11.9. The lowest BCUT2D eigenvalue weighted by Gasteiger charge is -2.27. The molecule has 18 heavy (non-hydrogen) atoms. The Balaban J connectivity index is 2.12. The molecule has 0 unspecified atom stereocenters. The van der Waals surface area contributed by atoms with Crippen LogP contribution in [0, 0.1) is 11.3 Å². The summed E-state index contributed by atoms with van der Waals surface area (Å²) in [5, 5.41) is 8.75. The molecule has 1 saturated heterocycles. The van der Waals surface area contributed by atoms with Crippen LogP contribution in [-0.2, 0) is 16.1 Å². The van der Waals surface area contributed by atoms with Crippen molar-refractivity contribution in [2.24, 2.45) is 0 Å². The summed E-state index contributed by atoms with van der Waals surface area (Å²) in [4.78, 5) is 25.4.